The molecule has 0 saturated carbocycles. The lowest BCUT2D eigenvalue weighted by atomic mass is 10.1. The van der Waals surface area contributed by atoms with Gasteiger partial charge in [0.25, 0.3) is 0 Å². The zero-order chi connectivity index (χ0) is 19.1. The Bertz CT molecular complexity index is 845. The van der Waals surface area contributed by atoms with Crippen LogP contribution in [0.3, 0.4) is 0 Å². The first kappa shape index (κ1) is 18.9. The third-order valence-electron chi connectivity index (χ3n) is 4.55. The van der Waals surface area contributed by atoms with Gasteiger partial charge in [0, 0.05) is 32.3 Å². The summed E-state index contributed by atoms with van der Waals surface area (Å²) in [6.07, 6.45) is 4.20. The van der Waals surface area contributed by atoms with Gasteiger partial charge in [0.2, 0.25) is 5.91 Å². The molecule has 0 fully saturated rings. The maximum absolute atomic E-state index is 12.7. The van der Waals surface area contributed by atoms with Crippen LogP contribution in [0.2, 0.25) is 0 Å². The lowest BCUT2D eigenvalue weighted by Gasteiger charge is -2.24. The highest BCUT2D eigenvalue weighted by molar-refractivity contribution is 5.81. The van der Waals surface area contributed by atoms with Gasteiger partial charge < -0.3 is 15.2 Å². The van der Waals surface area contributed by atoms with Gasteiger partial charge in [-0.05, 0) is 18.1 Å². The maximum Gasteiger partial charge on any atom is 0.240 e. The van der Waals surface area contributed by atoms with Crippen LogP contribution in [-0.2, 0) is 24.3 Å². The Morgan fingerprint density at radius 1 is 1.07 bits per heavy atom. The number of rotatable bonds is 8. The van der Waals surface area contributed by atoms with E-state index in [1.54, 1.807) is 11.2 Å². The topological polar surface area (TPSA) is 64.2 Å². The van der Waals surface area contributed by atoms with Gasteiger partial charge in [-0.2, -0.15) is 0 Å². The first-order chi connectivity index (χ1) is 13.2. The molecule has 3 rings (SSSR count). The molecule has 140 valence electrons. The molecule has 0 aliphatic rings. The van der Waals surface area contributed by atoms with Crippen LogP contribution in [0.5, 0.6) is 0 Å². The number of carbonyl (C=O) groups is 1. The molecule has 3 aromatic rings. The Kier molecular flexibility index (Phi) is 6.39. The van der Waals surface area contributed by atoms with Gasteiger partial charge in [-0.1, -0.05) is 60.7 Å². The Morgan fingerprint density at radius 3 is 2.33 bits per heavy atom. The number of nitrogens with zero attached hydrogens (tertiary/aromatic N) is 3. The molecule has 0 unspecified atom stereocenters. The van der Waals surface area contributed by atoms with Crippen LogP contribution in [0.25, 0.3) is 0 Å². The standard InChI is InChI=1S/C22H26N4O/c1-2-26(15-19-11-7-4-8-12-19)22(27)21(23)13-20-16-25(17-24-20)14-18-9-5-3-6-10-18/h3-12,16-17,21H,2,13-15,23H2,1H3/t21-/m0/s1. The zero-order valence-corrected chi connectivity index (χ0v) is 15.7. The van der Waals surface area contributed by atoms with Gasteiger partial charge in [0.1, 0.15) is 0 Å². The summed E-state index contributed by atoms with van der Waals surface area (Å²) in [5.74, 6) is -0.0426. The molecule has 1 atom stereocenters. The van der Waals surface area contributed by atoms with Crippen LogP contribution in [-0.4, -0.2) is 32.9 Å². The molecule has 0 saturated heterocycles. The number of aromatic nitrogens is 2. The summed E-state index contributed by atoms with van der Waals surface area (Å²) in [7, 11) is 0. The third-order valence-corrected chi connectivity index (χ3v) is 4.55. The van der Waals surface area contributed by atoms with E-state index in [1.807, 2.05) is 66.2 Å². The van der Waals surface area contributed by atoms with E-state index in [0.717, 1.165) is 17.8 Å². The van der Waals surface area contributed by atoms with Crippen molar-refractivity contribution in [2.24, 2.45) is 5.73 Å². The van der Waals surface area contributed by atoms with Crippen LogP contribution in [0.15, 0.2) is 73.2 Å². The number of amides is 1. The molecular weight excluding hydrogens is 336 g/mol. The molecule has 0 radical (unpaired) electrons. The Labute approximate surface area is 160 Å². The van der Waals surface area contributed by atoms with Gasteiger partial charge >= 0.3 is 0 Å². The summed E-state index contributed by atoms with van der Waals surface area (Å²) < 4.78 is 2.02. The van der Waals surface area contributed by atoms with E-state index >= 15 is 0 Å². The molecule has 0 bridgehead atoms. The highest BCUT2D eigenvalue weighted by atomic mass is 16.2. The summed E-state index contributed by atoms with van der Waals surface area (Å²) >= 11 is 0. The fraction of sp³-hybridized carbons (Fsp3) is 0.273. The summed E-state index contributed by atoms with van der Waals surface area (Å²) in [5.41, 5.74) is 9.35. The fourth-order valence-electron chi connectivity index (χ4n) is 3.09. The minimum Gasteiger partial charge on any atom is -0.337 e. The SMILES string of the molecule is CCN(Cc1ccccc1)C(=O)[C@@H](N)Cc1cn(Cc2ccccc2)cn1. The van der Waals surface area contributed by atoms with Crippen molar-refractivity contribution in [2.45, 2.75) is 32.5 Å². The zero-order valence-electron chi connectivity index (χ0n) is 15.7. The van der Waals surface area contributed by atoms with Crippen LogP contribution in [0.4, 0.5) is 0 Å². The molecule has 2 N–H and O–H groups in total. The van der Waals surface area contributed by atoms with Crippen molar-refractivity contribution in [3.63, 3.8) is 0 Å². The van der Waals surface area contributed by atoms with Gasteiger partial charge in [-0.25, -0.2) is 4.98 Å². The monoisotopic (exact) mass is 362 g/mol. The van der Waals surface area contributed by atoms with Crippen molar-refractivity contribution in [3.05, 3.63) is 90.0 Å². The van der Waals surface area contributed by atoms with E-state index in [2.05, 4.69) is 17.1 Å². The van der Waals surface area contributed by atoms with E-state index in [9.17, 15) is 4.79 Å². The van der Waals surface area contributed by atoms with Crippen LogP contribution in [0.1, 0.15) is 23.7 Å². The number of carbonyl (C=O) groups excluding carboxylic acids is 1. The maximum atomic E-state index is 12.7. The van der Waals surface area contributed by atoms with E-state index < -0.39 is 6.04 Å². The second-order valence-electron chi connectivity index (χ2n) is 6.67. The lowest BCUT2D eigenvalue weighted by molar-refractivity contribution is -0.133. The van der Waals surface area contributed by atoms with E-state index in [4.69, 9.17) is 5.73 Å². The predicted octanol–water partition coefficient (Wildman–Crippen LogP) is 2.85. The van der Waals surface area contributed by atoms with Crippen LogP contribution in [0, 0.1) is 0 Å². The lowest BCUT2D eigenvalue weighted by Crippen LogP contribution is -2.44. The van der Waals surface area contributed by atoms with Crippen molar-refractivity contribution >= 4 is 5.91 Å². The molecule has 0 aliphatic carbocycles. The minimum absolute atomic E-state index is 0.0426. The molecule has 5 heteroatoms. The van der Waals surface area contributed by atoms with E-state index in [-0.39, 0.29) is 5.91 Å². The first-order valence-corrected chi connectivity index (χ1v) is 9.28. The molecule has 0 aliphatic heterocycles. The number of benzene rings is 2. The third kappa shape index (κ3) is 5.28. The van der Waals surface area contributed by atoms with Crippen molar-refractivity contribution in [1.29, 1.82) is 0 Å². The molecule has 5 nitrogen and oxygen atoms in total. The van der Waals surface area contributed by atoms with Gasteiger partial charge in [-0.3, -0.25) is 4.79 Å². The summed E-state index contributed by atoms with van der Waals surface area (Å²) in [6, 6.07) is 19.6. The van der Waals surface area contributed by atoms with Crippen molar-refractivity contribution < 1.29 is 4.79 Å². The van der Waals surface area contributed by atoms with Gasteiger partial charge in [-0.15, -0.1) is 0 Å². The van der Waals surface area contributed by atoms with Crippen molar-refractivity contribution in [2.75, 3.05) is 6.54 Å². The quantitative estimate of drug-likeness (QED) is 0.670. The van der Waals surface area contributed by atoms with Crippen molar-refractivity contribution in [1.82, 2.24) is 14.5 Å². The molecular formula is C22H26N4O. The van der Waals surface area contributed by atoms with Gasteiger partial charge in [0.15, 0.2) is 0 Å². The number of nitrogens with two attached hydrogens (primary N) is 1. The number of hydrogen-bond donors (Lipinski definition) is 1. The molecule has 2 aromatic carbocycles. The normalized spacial score (nSPS) is 11.9. The summed E-state index contributed by atoms with van der Waals surface area (Å²) in [6.45, 7) is 3.93. The van der Waals surface area contributed by atoms with Crippen LogP contribution < -0.4 is 5.73 Å². The van der Waals surface area contributed by atoms with E-state index in [1.165, 1.54) is 5.56 Å². The molecule has 1 amide bonds. The largest absolute Gasteiger partial charge is 0.337 e. The minimum atomic E-state index is -0.589. The molecule has 0 spiro atoms. The van der Waals surface area contributed by atoms with Crippen molar-refractivity contribution in [3.8, 4) is 0 Å². The molecule has 1 heterocycles. The van der Waals surface area contributed by atoms with Gasteiger partial charge in [0.05, 0.1) is 18.1 Å². The summed E-state index contributed by atoms with van der Waals surface area (Å²) in [5, 5.41) is 0. The second kappa shape index (κ2) is 9.14. The fourth-order valence-corrected chi connectivity index (χ4v) is 3.09. The second-order valence-corrected chi connectivity index (χ2v) is 6.67. The number of imidazole rings is 1. The Morgan fingerprint density at radius 2 is 1.70 bits per heavy atom. The number of likely N-dealkylation sites (N-methyl/N-ethyl adjacent to an activating group) is 1. The highest BCUT2D eigenvalue weighted by Crippen LogP contribution is 2.09. The van der Waals surface area contributed by atoms with Crippen LogP contribution >= 0.6 is 0 Å². The highest BCUT2D eigenvalue weighted by Gasteiger charge is 2.21. The number of hydrogen-bond acceptors (Lipinski definition) is 3. The average Bonchev–Trinajstić information content (AvgIpc) is 3.13. The Hall–Kier alpha value is -2.92. The Balaban J connectivity index is 1.59. The smallest absolute Gasteiger partial charge is 0.240 e. The summed E-state index contributed by atoms with van der Waals surface area (Å²) in [4.78, 5) is 19.0. The predicted molar refractivity (Wildman–Crippen MR) is 107 cm³/mol. The van der Waals surface area contributed by atoms with E-state index in [0.29, 0.717) is 19.5 Å². The first-order valence-electron chi connectivity index (χ1n) is 9.28. The molecule has 27 heavy (non-hydrogen) atoms. The average molecular weight is 362 g/mol. The molecule has 1 aromatic heterocycles.